The molecule has 0 heterocycles. The topological polar surface area (TPSA) is 105 Å². The van der Waals surface area contributed by atoms with Crippen molar-refractivity contribution in [1.29, 1.82) is 0 Å². The van der Waals surface area contributed by atoms with E-state index in [1.54, 1.807) is 18.2 Å². The van der Waals surface area contributed by atoms with Crippen molar-refractivity contribution in [2.75, 3.05) is 12.4 Å². The molecule has 1 atom stereocenters. The predicted molar refractivity (Wildman–Crippen MR) is 79.4 cm³/mol. The van der Waals surface area contributed by atoms with Crippen molar-refractivity contribution < 1.29 is 24.2 Å². The van der Waals surface area contributed by atoms with Gasteiger partial charge in [0.2, 0.25) is 0 Å². The molecule has 114 valence electrons. The number of carbonyl (C=O) groups excluding carboxylic acids is 2. The SMILES string of the molecule is COC(=O)C[C@H](NC(=O)Nc1ccc(Br)cc1Cl)C(=O)O. The van der Waals surface area contributed by atoms with Crippen LogP contribution < -0.4 is 10.6 Å². The Balaban J connectivity index is 2.69. The molecule has 0 radical (unpaired) electrons. The van der Waals surface area contributed by atoms with Gasteiger partial charge in [0, 0.05) is 4.47 Å². The molecule has 1 aromatic rings. The third kappa shape index (κ3) is 5.60. The zero-order valence-corrected chi connectivity index (χ0v) is 13.2. The molecule has 0 fully saturated rings. The lowest BCUT2D eigenvalue weighted by atomic mass is 10.2. The summed E-state index contributed by atoms with van der Waals surface area (Å²) in [4.78, 5) is 33.8. The number of anilines is 1. The molecule has 0 spiro atoms. The average Bonchev–Trinajstić information content (AvgIpc) is 2.40. The number of carbonyl (C=O) groups is 3. The largest absolute Gasteiger partial charge is 0.480 e. The van der Waals surface area contributed by atoms with Gasteiger partial charge >= 0.3 is 18.0 Å². The van der Waals surface area contributed by atoms with E-state index in [9.17, 15) is 14.4 Å². The van der Waals surface area contributed by atoms with Crippen molar-refractivity contribution in [3.63, 3.8) is 0 Å². The van der Waals surface area contributed by atoms with E-state index in [2.05, 4.69) is 31.3 Å². The van der Waals surface area contributed by atoms with Crippen LogP contribution in [0.2, 0.25) is 5.02 Å². The number of nitrogens with one attached hydrogen (secondary N) is 2. The van der Waals surface area contributed by atoms with E-state index in [-0.39, 0.29) is 5.02 Å². The van der Waals surface area contributed by atoms with Gasteiger partial charge in [-0.1, -0.05) is 27.5 Å². The van der Waals surface area contributed by atoms with E-state index in [1.807, 2.05) is 0 Å². The maximum atomic E-state index is 11.7. The first-order valence-electron chi connectivity index (χ1n) is 5.65. The third-order valence-corrected chi connectivity index (χ3v) is 3.19. The maximum Gasteiger partial charge on any atom is 0.326 e. The first-order chi connectivity index (χ1) is 9.83. The molecule has 3 N–H and O–H groups in total. The fourth-order valence-corrected chi connectivity index (χ4v) is 2.08. The lowest BCUT2D eigenvalue weighted by Gasteiger charge is -2.14. The number of carboxylic acid groups (broad SMARTS) is 1. The normalized spacial score (nSPS) is 11.4. The second kappa shape index (κ2) is 7.84. The first kappa shape index (κ1) is 17.3. The number of amides is 2. The van der Waals surface area contributed by atoms with Gasteiger partial charge in [-0.3, -0.25) is 4.79 Å². The number of urea groups is 1. The van der Waals surface area contributed by atoms with Crippen molar-refractivity contribution in [3.8, 4) is 0 Å². The summed E-state index contributed by atoms with van der Waals surface area (Å²) >= 11 is 9.13. The molecule has 0 unspecified atom stereocenters. The summed E-state index contributed by atoms with van der Waals surface area (Å²) in [7, 11) is 1.13. The lowest BCUT2D eigenvalue weighted by molar-refractivity contribution is -0.147. The minimum atomic E-state index is -1.40. The molecular formula is C12H12BrClN2O5. The highest BCUT2D eigenvalue weighted by Gasteiger charge is 2.23. The van der Waals surface area contributed by atoms with Crippen LogP contribution in [0.5, 0.6) is 0 Å². The highest BCUT2D eigenvalue weighted by atomic mass is 79.9. The van der Waals surface area contributed by atoms with Crippen molar-refractivity contribution >= 4 is 51.2 Å². The smallest absolute Gasteiger partial charge is 0.326 e. The van der Waals surface area contributed by atoms with Crippen LogP contribution in [0.25, 0.3) is 0 Å². The molecule has 0 saturated heterocycles. The molecule has 0 saturated carbocycles. The van der Waals surface area contributed by atoms with Crippen molar-refractivity contribution in [1.82, 2.24) is 5.32 Å². The predicted octanol–water partition coefficient (Wildman–Crippen LogP) is 2.24. The van der Waals surface area contributed by atoms with Crippen molar-refractivity contribution in [2.45, 2.75) is 12.5 Å². The van der Waals surface area contributed by atoms with Crippen LogP contribution in [-0.4, -0.2) is 36.2 Å². The number of methoxy groups -OCH3 is 1. The molecule has 21 heavy (non-hydrogen) atoms. The molecule has 7 nitrogen and oxygen atoms in total. The number of hydrogen-bond acceptors (Lipinski definition) is 4. The van der Waals surface area contributed by atoms with Crippen LogP contribution in [0.15, 0.2) is 22.7 Å². The number of halogens is 2. The first-order valence-corrected chi connectivity index (χ1v) is 6.82. The Kier molecular flexibility index (Phi) is 6.44. The fourth-order valence-electron chi connectivity index (χ4n) is 1.36. The van der Waals surface area contributed by atoms with E-state index in [4.69, 9.17) is 16.7 Å². The third-order valence-electron chi connectivity index (χ3n) is 2.38. The summed E-state index contributed by atoms with van der Waals surface area (Å²) in [6.07, 6.45) is -0.479. The van der Waals surface area contributed by atoms with Crippen LogP contribution >= 0.6 is 27.5 Å². The van der Waals surface area contributed by atoms with Crippen molar-refractivity contribution in [3.05, 3.63) is 27.7 Å². The number of esters is 1. The van der Waals surface area contributed by atoms with Crippen LogP contribution in [0.1, 0.15) is 6.42 Å². The second-order valence-electron chi connectivity index (χ2n) is 3.89. The van der Waals surface area contributed by atoms with Crippen LogP contribution in [-0.2, 0) is 14.3 Å². The summed E-state index contributed by atoms with van der Waals surface area (Å²) in [5, 5.41) is 13.8. The number of rotatable bonds is 5. The summed E-state index contributed by atoms with van der Waals surface area (Å²) in [5.41, 5.74) is 0.305. The Morgan fingerprint density at radius 2 is 2.10 bits per heavy atom. The number of benzene rings is 1. The second-order valence-corrected chi connectivity index (χ2v) is 5.22. The van der Waals surface area contributed by atoms with Gasteiger partial charge in [-0.25, -0.2) is 9.59 Å². The Morgan fingerprint density at radius 3 is 2.62 bits per heavy atom. The van der Waals surface area contributed by atoms with Crippen LogP contribution in [0.4, 0.5) is 10.5 Å². The highest BCUT2D eigenvalue weighted by molar-refractivity contribution is 9.10. The van der Waals surface area contributed by atoms with Gasteiger partial charge in [0.25, 0.3) is 0 Å². The quantitative estimate of drug-likeness (QED) is 0.681. The zero-order chi connectivity index (χ0) is 16.0. The molecule has 0 aromatic heterocycles. The summed E-state index contributed by atoms with van der Waals surface area (Å²) in [5.74, 6) is -2.10. The van der Waals surface area contributed by atoms with Crippen LogP contribution in [0, 0.1) is 0 Å². The molecule has 0 bridgehead atoms. The van der Waals surface area contributed by atoms with Gasteiger partial charge in [-0.05, 0) is 18.2 Å². The van der Waals surface area contributed by atoms with Gasteiger partial charge in [-0.15, -0.1) is 0 Å². The zero-order valence-electron chi connectivity index (χ0n) is 10.9. The minimum Gasteiger partial charge on any atom is -0.480 e. The Labute approximate surface area is 133 Å². The average molecular weight is 380 g/mol. The van der Waals surface area contributed by atoms with Gasteiger partial charge in [0.15, 0.2) is 0 Å². The Bertz CT molecular complexity index is 567. The molecule has 0 aliphatic rings. The van der Waals surface area contributed by atoms with E-state index in [0.717, 1.165) is 11.6 Å². The van der Waals surface area contributed by atoms with Crippen LogP contribution in [0.3, 0.4) is 0 Å². The molecule has 2 amide bonds. The van der Waals surface area contributed by atoms with E-state index in [0.29, 0.717) is 5.69 Å². The summed E-state index contributed by atoms with van der Waals surface area (Å²) in [6.45, 7) is 0. The molecule has 9 heteroatoms. The lowest BCUT2D eigenvalue weighted by Crippen LogP contribution is -2.44. The Hall–Kier alpha value is -1.80. The molecule has 0 aliphatic heterocycles. The molecule has 0 aliphatic carbocycles. The standard InChI is InChI=1S/C12H12BrClN2O5/c1-21-10(17)5-9(11(18)19)16-12(20)15-8-3-2-6(13)4-7(8)14/h2-4,9H,5H2,1H3,(H,18,19)(H2,15,16,20)/t9-/m0/s1. The number of aliphatic carboxylic acids is 1. The van der Waals surface area contributed by atoms with E-state index < -0.39 is 30.4 Å². The van der Waals surface area contributed by atoms with E-state index >= 15 is 0 Å². The highest BCUT2D eigenvalue weighted by Crippen LogP contribution is 2.25. The monoisotopic (exact) mass is 378 g/mol. The van der Waals surface area contributed by atoms with E-state index in [1.165, 1.54) is 0 Å². The van der Waals surface area contributed by atoms with Gasteiger partial charge in [0.05, 0.1) is 24.2 Å². The minimum absolute atomic E-state index is 0.277. The molecule has 1 aromatic carbocycles. The summed E-state index contributed by atoms with van der Waals surface area (Å²) in [6, 6.07) is 2.58. The van der Waals surface area contributed by atoms with Gasteiger partial charge < -0.3 is 20.5 Å². The van der Waals surface area contributed by atoms with Gasteiger partial charge in [-0.2, -0.15) is 0 Å². The maximum absolute atomic E-state index is 11.7. The number of hydrogen-bond donors (Lipinski definition) is 3. The molecular weight excluding hydrogens is 367 g/mol. The number of carboxylic acids is 1. The summed E-state index contributed by atoms with van der Waals surface area (Å²) < 4.78 is 5.09. The fraction of sp³-hybridized carbons (Fsp3) is 0.250. The molecule has 1 rings (SSSR count). The van der Waals surface area contributed by atoms with Crippen molar-refractivity contribution in [2.24, 2.45) is 0 Å². The number of ether oxygens (including phenoxy) is 1. The Morgan fingerprint density at radius 1 is 1.43 bits per heavy atom. The van der Waals surface area contributed by atoms with Gasteiger partial charge in [0.1, 0.15) is 6.04 Å².